The maximum atomic E-state index is 9.21. The first-order chi connectivity index (χ1) is 4.66. The highest BCUT2D eigenvalue weighted by Gasteiger charge is 2.01. The standard InChI is InChI=1S/C7H18N2O/c1-8-6-7(10)4-5-9(2)3/h7-8,10H,4-6H2,1-3H3. The Morgan fingerprint density at radius 3 is 2.50 bits per heavy atom. The third kappa shape index (κ3) is 6.01. The van der Waals surface area contributed by atoms with Crippen molar-refractivity contribution in [1.29, 1.82) is 0 Å². The van der Waals surface area contributed by atoms with Crippen molar-refractivity contribution in [1.82, 2.24) is 10.2 Å². The fourth-order valence-electron chi connectivity index (χ4n) is 0.745. The number of nitrogens with zero attached hydrogens (tertiary/aromatic N) is 1. The molecule has 0 aliphatic carbocycles. The van der Waals surface area contributed by atoms with Gasteiger partial charge in [-0.25, -0.2) is 0 Å². The van der Waals surface area contributed by atoms with Gasteiger partial charge >= 0.3 is 0 Å². The van der Waals surface area contributed by atoms with Crippen LogP contribution in [0.2, 0.25) is 0 Å². The molecule has 3 heteroatoms. The number of hydrogen-bond acceptors (Lipinski definition) is 3. The van der Waals surface area contributed by atoms with Crippen molar-refractivity contribution in [2.75, 3.05) is 34.2 Å². The lowest BCUT2D eigenvalue weighted by atomic mass is 10.2. The summed E-state index contributed by atoms with van der Waals surface area (Å²) in [4.78, 5) is 2.07. The topological polar surface area (TPSA) is 35.5 Å². The van der Waals surface area contributed by atoms with E-state index in [2.05, 4.69) is 10.2 Å². The van der Waals surface area contributed by atoms with Gasteiger partial charge in [-0.3, -0.25) is 0 Å². The monoisotopic (exact) mass is 146 g/mol. The molecule has 0 aliphatic rings. The number of likely N-dealkylation sites (N-methyl/N-ethyl adjacent to an activating group) is 1. The van der Waals surface area contributed by atoms with Crippen LogP contribution in [0.25, 0.3) is 0 Å². The Labute approximate surface area is 63.0 Å². The van der Waals surface area contributed by atoms with Gasteiger partial charge in [0.25, 0.3) is 0 Å². The maximum absolute atomic E-state index is 9.21. The molecule has 0 amide bonds. The van der Waals surface area contributed by atoms with Crippen LogP contribution in [-0.4, -0.2) is 50.3 Å². The predicted octanol–water partition coefficient (Wildman–Crippen LogP) is -0.482. The number of rotatable bonds is 5. The highest BCUT2D eigenvalue weighted by molar-refractivity contribution is 4.58. The van der Waals surface area contributed by atoms with E-state index in [1.807, 2.05) is 21.1 Å². The lowest BCUT2D eigenvalue weighted by Crippen LogP contribution is -2.27. The van der Waals surface area contributed by atoms with Crippen LogP contribution in [0.1, 0.15) is 6.42 Å². The molecular weight excluding hydrogens is 128 g/mol. The molecule has 0 aromatic heterocycles. The molecule has 1 unspecified atom stereocenters. The van der Waals surface area contributed by atoms with Crippen molar-refractivity contribution in [3.05, 3.63) is 0 Å². The Kier molecular flexibility index (Phi) is 5.58. The normalized spacial score (nSPS) is 14.1. The summed E-state index contributed by atoms with van der Waals surface area (Å²) < 4.78 is 0. The van der Waals surface area contributed by atoms with Crippen LogP contribution in [0, 0.1) is 0 Å². The van der Waals surface area contributed by atoms with Gasteiger partial charge in [-0.2, -0.15) is 0 Å². The molecule has 0 aliphatic heterocycles. The van der Waals surface area contributed by atoms with E-state index in [9.17, 15) is 5.11 Å². The summed E-state index contributed by atoms with van der Waals surface area (Å²) in [6, 6.07) is 0. The van der Waals surface area contributed by atoms with Gasteiger partial charge in [-0.1, -0.05) is 0 Å². The van der Waals surface area contributed by atoms with Gasteiger partial charge in [0.1, 0.15) is 0 Å². The van der Waals surface area contributed by atoms with Crippen molar-refractivity contribution in [3.8, 4) is 0 Å². The zero-order valence-corrected chi connectivity index (χ0v) is 7.09. The van der Waals surface area contributed by atoms with E-state index in [-0.39, 0.29) is 6.10 Å². The molecule has 0 saturated carbocycles. The van der Waals surface area contributed by atoms with Gasteiger partial charge in [-0.15, -0.1) is 0 Å². The number of aliphatic hydroxyl groups is 1. The second kappa shape index (κ2) is 5.65. The second-order valence-electron chi connectivity index (χ2n) is 2.80. The number of aliphatic hydroxyl groups excluding tert-OH is 1. The highest BCUT2D eigenvalue weighted by atomic mass is 16.3. The van der Waals surface area contributed by atoms with Gasteiger partial charge < -0.3 is 15.3 Å². The predicted molar refractivity (Wildman–Crippen MR) is 43.1 cm³/mol. The molecule has 0 aromatic rings. The quantitative estimate of drug-likeness (QED) is 0.550. The number of hydrogen-bond donors (Lipinski definition) is 2. The molecule has 1 atom stereocenters. The van der Waals surface area contributed by atoms with Gasteiger partial charge in [0.05, 0.1) is 6.10 Å². The van der Waals surface area contributed by atoms with E-state index in [1.54, 1.807) is 0 Å². The zero-order chi connectivity index (χ0) is 7.98. The lowest BCUT2D eigenvalue weighted by Gasteiger charge is -2.13. The van der Waals surface area contributed by atoms with Crippen LogP contribution in [0.4, 0.5) is 0 Å². The van der Waals surface area contributed by atoms with Crippen molar-refractivity contribution in [2.45, 2.75) is 12.5 Å². The highest BCUT2D eigenvalue weighted by Crippen LogP contribution is 1.90. The molecule has 0 radical (unpaired) electrons. The molecule has 3 nitrogen and oxygen atoms in total. The summed E-state index contributed by atoms with van der Waals surface area (Å²) in [5, 5.41) is 12.1. The summed E-state index contributed by atoms with van der Waals surface area (Å²) in [5.74, 6) is 0. The van der Waals surface area contributed by atoms with Gasteiger partial charge in [0.2, 0.25) is 0 Å². The van der Waals surface area contributed by atoms with E-state index in [1.165, 1.54) is 0 Å². The average Bonchev–Trinajstić information content (AvgIpc) is 1.85. The summed E-state index contributed by atoms with van der Waals surface area (Å²) in [6.07, 6.45) is 0.640. The number of nitrogens with one attached hydrogen (secondary N) is 1. The second-order valence-corrected chi connectivity index (χ2v) is 2.80. The lowest BCUT2D eigenvalue weighted by molar-refractivity contribution is 0.152. The Morgan fingerprint density at radius 2 is 2.10 bits per heavy atom. The average molecular weight is 146 g/mol. The molecule has 0 bridgehead atoms. The van der Waals surface area contributed by atoms with E-state index in [0.29, 0.717) is 6.54 Å². The molecule has 2 N–H and O–H groups in total. The van der Waals surface area contributed by atoms with Crippen LogP contribution < -0.4 is 5.32 Å². The summed E-state index contributed by atoms with van der Waals surface area (Å²) in [5.41, 5.74) is 0. The molecule has 0 saturated heterocycles. The minimum Gasteiger partial charge on any atom is -0.392 e. The molecule has 0 aromatic carbocycles. The molecule has 62 valence electrons. The smallest absolute Gasteiger partial charge is 0.0676 e. The zero-order valence-electron chi connectivity index (χ0n) is 7.09. The van der Waals surface area contributed by atoms with Crippen LogP contribution in [0.3, 0.4) is 0 Å². The summed E-state index contributed by atoms with van der Waals surface area (Å²) in [6.45, 7) is 1.64. The first-order valence-electron chi connectivity index (χ1n) is 3.64. The first-order valence-corrected chi connectivity index (χ1v) is 3.64. The summed E-state index contributed by atoms with van der Waals surface area (Å²) in [7, 11) is 5.86. The molecule has 0 spiro atoms. The molecular formula is C7H18N2O. The van der Waals surface area contributed by atoms with Gasteiger partial charge in [0.15, 0.2) is 0 Å². The van der Waals surface area contributed by atoms with Crippen molar-refractivity contribution in [2.24, 2.45) is 0 Å². The minimum atomic E-state index is -0.201. The van der Waals surface area contributed by atoms with E-state index >= 15 is 0 Å². The largest absolute Gasteiger partial charge is 0.392 e. The minimum absolute atomic E-state index is 0.201. The van der Waals surface area contributed by atoms with Gasteiger partial charge in [0, 0.05) is 13.1 Å². The Bertz CT molecular complexity index is 76.0. The van der Waals surface area contributed by atoms with Crippen LogP contribution in [0.5, 0.6) is 0 Å². The first kappa shape index (κ1) is 9.88. The van der Waals surface area contributed by atoms with Crippen LogP contribution >= 0.6 is 0 Å². The third-order valence-corrected chi connectivity index (χ3v) is 1.35. The molecule has 0 rings (SSSR count). The summed E-state index contributed by atoms with van der Waals surface area (Å²) >= 11 is 0. The van der Waals surface area contributed by atoms with Crippen molar-refractivity contribution >= 4 is 0 Å². The molecule has 0 heterocycles. The van der Waals surface area contributed by atoms with Crippen LogP contribution in [0.15, 0.2) is 0 Å². The Hall–Kier alpha value is -0.120. The van der Waals surface area contributed by atoms with E-state index in [0.717, 1.165) is 13.0 Å². The van der Waals surface area contributed by atoms with Crippen molar-refractivity contribution < 1.29 is 5.11 Å². The molecule has 0 fully saturated rings. The fraction of sp³-hybridized carbons (Fsp3) is 1.00. The van der Waals surface area contributed by atoms with Gasteiger partial charge in [-0.05, 0) is 27.6 Å². The Morgan fingerprint density at radius 1 is 1.50 bits per heavy atom. The fourth-order valence-corrected chi connectivity index (χ4v) is 0.745. The van der Waals surface area contributed by atoms with E-state index < -0.39 is 0 Å². The SMILES string of the molecule is CNCC(O)CCN(C)C. The maximum Gasteiger partial charge on any atom is 0.0676 e. The van der Waals surface area contributed by atoms with Crippen LogP contribution in [-0.2, 0) is 0 Å². The Balaban J connectivity index is 3.12. The van der Waals surface area contributed by atoms with E-state index in [4.69, 9.17) is 0 Å². The van der Waals surface area contributed by atoms with Crippen molar-refractivity contribution in [3.63, 3.8) is 0 Å². The molecule has 10 heavy (non-hydrogen) atoms. The third-order valence-electron chi connectivity index (χ3n) is 1.35.